The molecule has 1 heterocycles. The first-order valence-corrected chi connectivity index (χ1v) is 9.03. The fourth-order valence-corrected chi connectivity index (χ4v) is 3.22. The molecule has 1 aromatic carbocycles. The Balaban J connectivity index is 2.03. The van der Waals surface area contributed by atoms with Gasteiger partial charge in [0.05, 0.1) is 11.0 Å². The average molecular weight is 312 g/mol. The molecule has 0 aliphatic carbocycles. The van der Waals surface area contributed by atoms with Gasteiger partial charge in [-0.15, -0.1) is 0 Å². The number of nitrogens with one attached hydrogen (secondary N) is 1. The highest BCUT2D eigenvalue weighted by Crippen LogP contribution is 2.20. The molecular formula is C15H24N2O3S. The van der Waals surface area contributed by atoms with Crippen molar-refractivity contribution in [1.82, 2.24) is 5.32 Å². The molecule has 2 atom stereocenters. The number of sulfonamides is 1. The van der Waals surface area contributed by atoms with E-state index in [9.17, 15) is 8.42 Å². The van der Waals surface area contributed by atoms with Crippen LogP contribution in [0.3, 0.4) is 0 Å². The first kappa shape index (κ1) is 16.4. The van der Waals surface area contributed by atoms with Crippen molar-refractivity contribution in [3.05, 3.63) is 29.8 Å². The second-order valence-corrected chi connectivity index (χ2v) is 7.04. The van der Waals surface area contributed by atoms with E-state index in [4.69, 9.17) is 9.88 Å². The molecule has 0 bridgehead atoms. The summed E-state index contributed by atoms with van der Waals surface area (Å²) in [4.78, 5) is 0.161. The zero-order valence-electron chi connectivity index (χ0n) is 12.4. The van der Waals surface area contributed by atoms with Gasteiger partial charge < -0.3 is 10.1 Å². The number of rotatable bonds is 6. The Bertz CT molecular complexity index is 554. The molecule has 21 heavy (non-hydrogen) atoms. The Morgan fingerprint density at radius 1 is 1.43 bits per heavy atom. The number of nitrogens with two attached hydrogens (primary N) is 1. The summed E-state index contributed by atoms with van der Waals surface area (Å²) in [6.07, 6.45) is 4.57. The molecule has 1 aromatic rings. The molecular weight excluding hydrogens is 288 g/mol. The number of hydrogen-bond acceptors (Lipinski definition) is 4. The van der Waals surface area contributed by atoms with E-state index in [0.29, 0.717) is 0 Å². The first-order valence-electron chi connectivity index (χ1n) is 7.48. The fourth-order valence-electron chi connectivity index (χ4n) is 2.65. The van der Waals surface area contributed by atoms with Crippen LogP contribution >= 0.6 is 0 Å². The van der Waals surface area contributed by atoms with E-state index in [0.717, 1.165) is 38.0 Å². The van der Waals surface area contributed by atoms with Crippen LogP contribution in [0.4, 0.5) is 0 Å². The Labute approximate surface area is 126 Å². The van der Waals surface area contributed by atoms with Gasteiger partial charge in [-0.1, -0.05) is 19.1 Å². The number of primary sulfonamides is 1. The van der Waals surface area contributed by atoms with Crippen LogP contribution in [0.5, 0.6) is 0 Å². The molecule has 6 heteroatoms. The van der Waals surface area contributed by atoms with Crippen LogP contribution in [-0.2, 0) is 14.8 Å². The van der Waals surface area contributed by atoms with Gasteiger partial charge >= 0.3 is 0 Å². The van der Waals surface area contributed by atoms with Gasteiger partial charge in [0, 0.05) is 19.2 Å². The van der Waals surface area contributed by atoms with Gasteiger partial charge in [0.1, 0.15) is 0 Å². The molecule has 0 saturated carbocycles. The lowest BCUT2D eigenvalue weighted by Gasteiger charge is -2.26. The van der Waals surface area contributed by atoms with Gasteiger partial charge in [0.15, 0.2) is 0 Å². The monoisotopic (exact) mass is 312 g/mol. The van der Waals surface area contributed by atoms with Gasteiger partial charge in [-0.25, -0.2) is 13.6 Å². The standard InChI is InChI=1S/C15H24N2O3S/c1-2-15(17-11-13-7-3-4-9-20-13)12-6-5-8-14(10-12)21(16,18)19/h5-6,8,10,13,15,17H,2-4,7,9,11H2,1H3,(H2,16,18,19)/t13-,15+/m1/s1. The minimum Gasteiger partial charge on any atom is -0.377 e. The van der Waals surface area contributed by atoms with E-state index in [1.54, 1.807) is 12.1 Å². The van der Waals surface area contributed by atoms with Crippen molar-refractivity contribution < 1.29 is 13.2 Å². The zero-order chi connectivity index (χ0) is 15.3. The lowest BCUT2D eigenvalue weighted by molar-refractivity contribution is 0.0152. The maximum atomic E-state index is 11.4. The van der Waals surface area contributed by atoms with Gasteiger partial charge in [-0.05, 0) is 43.4 Å². The minimum absolute atomic E-state index is 0.109. The van der Waals surface area contributed by atoms with E-state index in [-0.39, 0.29) is 17.0 Å². The highest BCUT2D eigenvalue weighted by molar-refractivity contribution is 7.89. The number of ether oxygens (including phenoxy) is 1. The number of hydrogen-bond donors (Lipinski definition) is 2. The molecule has 1 saturated heterocycles. The van der Waals surface area contributed by atoms with Gasteiger partial charge in [-0.3, -0.25) is 0 Å². The summed E-state index contributed by atoms with van der Waals surface area (Å²) in [7, 11) is -3.65. The van der Waals surface area contributed by atoms with Crippen LogP contribution in [-0.4, -0.2) is 27.7 Å². The van der Waals surface area contributed by atoms with Crippen LogP contribution in [0.15, 0.2) is 29.2 Å². The van der Waals surface area contributed by atoms with E-state index in [1.165, 1.54) is 12.5 Å². The quantitative estimate of drug-likeness (QED) is 0.841. The molecule has 0 unspecified atom stereocenters. The largest absolute Gasteiger partial charge is 0.377 e. The van der Waals surface area contributed by atoms with E-state index < -0.39 is 10.0 Å². The summed E-state index contributed by atoms with van der Waals surface area (Å²) >= 11 is 0. The summed E-state index contributed by atoms with van der Waals surface area (Å²) in [6.45, 7) is 3.70. The Hall–Kier alpha value is -0.950. The second-order valence-electron chi connectivity index (χ2n) is 5.48. The molecule has 5 nitrogen and oxygen atoms in total. The summed E-state index contributed by atoms with van der Waals surface area (Å²) in [5.41, 5.74) is 0.944. The van der Waals surface area contributed by atoms with Crippen molar-refractivity contribution in [1.29, 1.82) is 0 Å². The van der Waals surface area contributed by atoms with Crippen molar-refractivity contribution in [2.75, 3.05) is 13.2 Å². The van der Waals surface area contributed by atoms with Crippen molar-refractivity contribution in [3.63, 3.8) is 0 Å². The zero-order valence-corrected chi connectivity index (χ0v) is 13.2. The lowest BCUT2D eigenvalue weighted by atomic mass is 10.0. The van der Waals surface area contributed by atoms with Crippen molar-refractivity contribution in [3.8, 4) is 0 Å². The van der Waals surface area contributed by atoms with E-state index in [1.807, 2.05) is 6.07 Å². The lowest BCUT2D eigenvalue weighted by Crippen LogP contribution is -2.34. The molecule has 118 valence electrons. The molecule has 1 aliphatic heterocycles. The maximum absolute atomic E-state index is 11.4. The summed E-state index contributed by atoms with van der Waals surface area (Å²) in [5, 5.41) is 8.66. The molecule has 0 amide bonds. The smallest absolute Gasteiger partial charge is 0.238 e. The highest BCUT2D eigenvalue weighted by atomic mass is 32.2. The van der Waals surface area contributed by atoms with Crippen molar-refractivity contribution >= 4 is 10.0 Å². The van der Waals surface area contributed by atoms with Crippen molar-refractivity contribution in [2.24, 2.45) is 5.14 Å². The van der Waals surface area contributed by atoms with Gasteiger partial charge in [-0.2, -0.15) is 0 Å². The average Bonchev–Trinajstić information content (AvgIpc) is 2.48. The summed E-state index contributed by atoms with van der Waals surface area (Å²) in [5.74, 6) is 0. The third kappa shape index (κ3) is 4.78. The molecule has 1 fully saturated rings. The fraction of sp³-hybridized carbons (Fsp3) is 0.600. The Morgan fingerprint density at radius 3 is 2.86 bits per heavy atom. The second kappa shape index (κ2) is 7.35. The third-order valence-corrected chi connectivity index (χ3v) is 4.77. The first-order chi connectivity index (χ1) is 10.0. The van der Waals surface area contributed by atoms with Crippen LogP contribution in [0.1, 0.15) is 44.2 Å². The molecule has 3 N–H and O–H groups in total. The third-order valence-electron chi connectivity index (χ3n) is 3.86. The SMILES string of the molecule is CC[C@H](NC[C@H]1CCCCO1)c1cccc(S(N)(=O)=O)c1. The van der Waals surface area contributed by atoms with Crippen LogP contribution < -0.4 is 10.5 Å². The van der Waals surface area contributed by atoms with Gasteiger partial charge in [0.25, 0.3) is 0 Å². The van der Waals surface area contributed by atoms with E-state index in [2.05, 4.69) is 12.2 Å². The highest BCUT2D eigenvalue weighted by Gasteiger charge is 2.17. The van der Waals surface area contributed by atoms with Crippen LogP contribution in [0.25, 0.3) is 0 Å². The normalized spacial score (nSPS) is 21.1. The van der Waals surface area contributed by atoms with E-state index >= 15 is 0 Å². The molecule has 2 rings (SSSR count). The van der Waals surface area contributed by atoms with Crippen molar-refractivity contribution in [2.45, 2.75) is 49.6 Å². The predicted molar refractivity (Wildman–Crippen MR) is 82.4 cm³/mol. The Morgan fingerprint density at radius 2 is 2.24 bits per heavy atom. The van der Waals surface area contributed by atoms with Crippen LogP contribution in [0.2, 0.25) is 0 Å². The summed E-state index contributed by atoms with van der Waals surface area (Å²) in [6, 6.07) is 6.94. The molecule has 1 aliphatic rings. The predicted octanol–water partition coefficient (Wildman–Crippen LogP) is 1.94. The van der Waals surface area contributed by atoms with Gasteiger partial charge in [0.2, 0.25) is 10.0 Å². The molecule has 0 spiro atoms. The number of benzene rings is 1. The minimum atomic E-state index is -3.65. The summed E-state index contributed by atoms with van der Waals surface area (Å²) < 4.78 is 28.6. The topological polar surface area (TPSA) is 81.4 Å². The molecule has 0 aromatic heterocycles. The molecule has 0 radical (unpaired) electrons. The Kier molecular flexibility index (Phi) is 5.75. The maximum Gasteiger partial charge on any atom is 0.238 e. The van der Waals surface area contributed by atoms with Crippen LogP contribution in [0, 0.1) is 0 Å².